The second-order valence-electron chi connectivity index (χ2n) is 3.16. The van der Waals surface area contributed by atoms with Crippen LogP contribution in [0.2, 0.25) is 5.02 Å². The van der Waals surface area contributed by atoms with Gasteiger partial charge in [-0.1, -0.05) is 11.6 Å². The maximum absolute atomic E-state index is 13.1. The number of halogens is 3. The van der Waals surface area contributed by atoms with E-state index in [-0.39, 0.29) is 16.8 Å². The number of benzene rings is 1. The Kier molecular flexibility index (Phi) is 3.76. The Hall–Kier alpha value is -1.39. The van der Waals surface area contributed by atoms with Crippen molar-refractivity contribution in [2.24, 2.45) is 0 Å². The fourth-order valence-electron chi connectivity index (χ4n) is 1.13. The normalized spacial score (nSPS) is 10.3. The first-order chi connectivity index (χ1) is 8.19. The number of ether oxygens (including phenoxy) is 1. The molecule has 0 fully saturated rings. The molecule has 0 aliphatic carbocycles. The van der Waals surface area contributed by atoms with Crippen LogP contribution in [0.1, 0.15) is 5.69 Å². The van der Waals surface area contributed by atoms with Gasteiger partial charge in [0.1, 0.15) is 11.6 Å². The summed E-state index contributed by atoms with van der Waals surface area (Å²) in [6.07, 6.45) is 2.92. The fourth-order valence-corrected chi connectivity index (χ4v) is 1.38. The second kappa shape index (κ2) is 5.29. The first-order valence-electron chi connectivity index (χ1n) is 4.69. The summed E-state index contributed by atoms with van der Waals surface area (Å²) in [4.78, 5) is 7.97. The van der Waals surface area contributed by atoms with Crippen LogP contribution >= 0.6 is 23.2 Å². The number of rotatable bonds is 3. The molecule has 0 radical (unpaired) electrons. The van der Waals surface area contributed by atoms with Crippen LogP contribution in [0.4, 0.5) is 4.39 Å². The third-order valence-electron chi connectivity index (χ3n) is 1.93. The molecule has 0 aliphatic heterocycles. The third-order valence-corrected chi connectivity index (χ3v) is 2.51. The topological polar surface area (TPSA) is 35.0 Å². The lowest BCUT2D eigenvalue weighted by Crippen LogP contribution is -1.92. The standard InChI is InChI=1S/C11H7Cl2FN2O/c12-4-7-5-16-11(6-15-7)17-8-1-2-9(13)10(14)3-8/h1-3,5-6H,4H2. The molecule has 0 bridgehead atoms. The van der Waals surface area contributed by atoms with Crippen molar-refractivity contribution in [3.63, 3.8) is 0 Å². The van der Waals surface area contributed by atoms with Crippen LogP contribution in [0.5, 0.6) is 11.6 Å². The molecule has 2 rings (SSSR count). The van der Waals surface area contributed by atoms with Crippen molar-refractivity contribution in [3.8, 4) is 11.6 Å². The molecular formula is C11H7Cl2FN2O. The molecule has 3 nitrogen and oxygen atoms in total. The molecule has 0 saturated carbocycles. The molecule has 1 aromatic carbocycles. The van der Waals surface area contributed by atoms with Crippen LogP contribution in [0.25, 0.3) is 0 Å². The van der Waals surface area contributed by atoms with Crippen molar-refractivity contribution in [1.29, 1.82) is 0 Å². The van der Waals surface area contributed by atoms with E-state index in [0.717, 1.165) is 0 Å². The van der Waals surface area contributed by atoms with Gasteiger partial charge in [0, 0.05) is 6.07 Å². The highest BCUT2D eigenvalue weighted by molar-refractivity contribution is 6.30. The number of aromatic nitrogens is 2. The summed E-state index contributed by atoms with van der Waals surface area (Å²) in [6.45, 7) is 0. The highest BCUT2D eigenvalue weighted by Crippen LogP contribution is 2.23. The van der Waals surface area contributed by atoms with Crippen LogP contribution in [-0.2, 0) is 5.88 Å². The van der Waals surface area contributed by atoms with E-state index in [1.54, 1.807) is 6.07 Å². The Morgan fingerprint density at radius 2 is 2.06 bits per heavy atom. The summed E-state index contributed by atoms with van der Waals surface area (Å²) in [5.41, 5.74) is 0.640. The summed E-state index contributed by atoms with van der Waals surface area (Å²) in [6, 6.07) is 4.13. The quantitative estimate of drug-likeness (QED) is 0.798. The van der Waals surface area contributed by atoms with E-state index in [1.807, 2.05) is 0 Å². The predicted molar refractivity (Wildman–Crippen MR) is 63.1 cm³/mol. The smallest absolute Gasteiger partial charge is 0.237 e. The summed E-state index contributed by atoms with van der Waals surface area (Å²) in [5, 5.41) is 0.0425. The zero-order chi connectivity index (χ0) is 12.3. The molecule has 0 unspecified atom stereocenters. The minimum absolute atomic E-state index is 0.0425. The molecule has 0 spiro atoms. The Balaban J connectivity index is 2.16. The van der Waals surface area contributed by atoms with Gasteiger partial charge in [0.2, 0.25) is 5.88 Å². The van der Waals surface area contributed by atoms with Gasteiger partial charge < -0.3 is 4.74 Å². The lowest BCUT2D eigenvalue weighted by Gasteiger charge is -2.04. The van der Waals surface area contributed by atoms with E-state index >= 15 is 0 Å². The maximum atomic E-state index is 13.1. The van der Waals surface area contributed by atoms with Gasteiger partial charge in [0.15, 0.2) is 0 Å². The van der Waals surface area contributed by atoms with Crippen molar-refractivity contribution in [2.75, 3.05) is 0 Å². The highest BCUT2D eigenvalue weighted by atomic mass is 35.5. The average Bonchev–Trinajstić information content (AvgIpc) is 2.35. The summed E-state index contributed by atoms with van der Waals surface area (Å²) in [5.74, 6) is 0.304. The monoisotopic (exact) mass is 272 g/mol. The SMILES string of the molecule is Fc1cc(Oc2cnc(CCl)cn2)ccc1Cl. The molecule has 1 heterocycles. The fraction of sp³-hybridized carbons (Fsp3) is 0.0909. The molecule has 0 N–H and O–H groups in total. The van der Waals surface area contributed by atoms with Crippen LogP contribution in [0, 0.1) is 5.82 Å². The summed E-state index contributed by atoms with van der Waals surface area (Å²) in [7, 11) is 0. The number of hydrogen-bond donors (Lipinski definition) is 0. The van der Waals surface area contributed by atoms with Gasteiger partial charge in [0.05, 0.1) is 29.0 Å². The lowest BCUT2D eigenvalue weighted by atomic mass is 10.3. The first-order valence-corrected chi connectivity index (χ1v) is 5.60. The molecule has 17 heavy (non-hydrogen) atoms. The van der Waals surface area contributed by atoms with E-state index < -0.39 is 5.82 Å². The summed E-state index contributed by atoms with van der Waals surface area (Å²) >= 11 is 11.1. The van der Waals surface area contributed by atoms with Gasteiger partial charge in [-0.3, -0.25) is 4.98 Å². The molecule has 0 amide bonds. The van der Waals surface area contributed by atoms with Crippen molar-refractivity contribution >= 4 is 23.2 Å². The van der Waals surface area contributed by atoms with Crippen molar-refractivity contribution in [2.45, 2.75) is 5.88 Å². The predicted octanol–water partition coefficient (Wildman–Crippen LogP) is 3.80. The molecule has 0 aliphatic rings. The number of hydrogen-bond acceptors (Lipinski definition) is 3. The maximum Gasteiger partial charge on any atom is 0.237 e. The zero-order valence-corrected chi connectivity index (χ0v) is 10.0. The average molecular weight is 273 g/mol. The Morgan fingerprint density at radius 3 is 2.65 bits per heavy atom. The van der Waals surface area contributed by atoms with E-state index in [0.29, 0.717) is 11.4 Å². The van der Waals surface area contributed by atoms with Crippen LogP contribution in [-0.4, -0.2) is 9.97 Å². The highest BCUT2D eigenvalue weighted by Gasteiger charge is 2.04. The Morgan fingerprint density at radius 1 is 1.24 bits per heavy atom. The van der Waals surface area contributed by atoms with Gasteiger partial charge in [-0.25, -0.2) is 9.37 Å². The zero-order valence-electron chi connectivity index (χ0n) is 8.53. The van der Waals surface area contributed by atoms with E-state index in [2.05, 4.69) is 9.97 Å². The Labute approximate surface area is 107 Å². The molecular weight excluding hydrogens is 266 g/mol. The summed E-state index contributed by atoms with van der Waals surface area (Å²) < 4.78 is 18.4. The molecule has 88 valence electrons. The third kappa shape index (κ3) is 3.05. The number of alkyl halides is 1. The van der Waals surface area contributed by atoms with E-state index in [1.165, 1.54) is 24.5 Å². The molecule has 6 heteroatoms. The molecule has 0 saturated heterocycles. The van der Waals surface area contributed by atoms with Gasteiger partial charge >= 0.3 is 0 Å². The van der Waals surface area contributed by atoms with Gasteiger partial charge in [-0.15, -0.1) is 11.6 Å². The van der Waals surface area contributed by atoms with Gasteiger partial charge in [-0.2, -0.15) is 0 Å². The first kappa shape index (κ1) is 12.1. The molecule has 2 aromatic rings. The van der Waals surface area contributed by atoms with Crippen LogP contribution in [0.15, 0.2) is 30.6 Å². The van der Waals surface area contributed by atoms with Crippen molar-refractivity contribution in [1.82, 2.24) is 9.97 Å². The minimum atomic E-state index is -0.547. The largest absolute Gasteiger partial charge is 0.437 e. The molecule has 1 aromatic heterocycles. The lowest BCUT2D eigenvalue weighted by molar-refractivity contribution is 0.455. The van der Waals surface area contributed by atoms with Crippen molar-refractivity contribution in [3.05, 3.63) is 47.1 Å². The number of nitrogens with zero attached hydrogens (tertiary/aromatic N) is 2. The minimum Gasteiger partial charge on any atom is -0.437 e. The van der Waals surface area contributed by atoms with Crippen molar-refractivity contribution < 1.29 is 9.13 Å². The molecule has 0 atom stereocenters. The van der Waals surface area contributed by atoms with Crippen LogP contribution < -0.4 is 4.74 Å². The van der Waals surface area contributed by atoms with E-state index in [9.17, 15) is 4.39 Å². The van der Waals surface area contributed by atoms with Gasteiger partial charge in [-0.05, 0) is 12.1 Å². The Bertz CT molecular complexity index is 519. The second-order valence-corrected chi connectivity index (χ2v) is 3.83. The van der Waals surface area contributed by atoms with Gasteiger partial charge in [0.25, 0.3) is 0 Å². The van der Waals surface area contributed by atoms with Crippen LogP contribution in [0.3, 0.4) is 0 Å². The van der Waals surface area contributed by atoms with E-state index in [4.69, 9.17) is 27.9 Å².